The Morgan fingerprint density at radius 1 is 1.42 bits per heavy atom. The third-order valence-corrected chi connectivity index (χ3v) is 2.77. The van der Waals surface area contributed by atoms with Gasteiger partial charge in [-0.1, -0.05) is 15.9 Å². The molecule has 0 saturated carbocycles. The summed E-state index contributed by atoms with van der Waals surface area (Å²) in [4.78, 5) is 18.6. The number of benzene rings is 1. The van der Waals surface area contributed by atoms with E-state index in [0.29, 0.717) is 17.3 Å². The summed E-state index contributed by atoms with van der Waals surface area (Å²) in [7, 11) is 1.55. The second-order valence-electron chi connectivity index (χ2n) is 3.56. The molecule has 0 spiro atoms. The molecule has 0 radical (unpaired) electrons. The number of methoxy groups -OCH3 is 1. The molecule has 1 aromatic heterocycles. The van der Waals surface area contributed by atoms with E-state index in [1.165, 1.54) is 12.4 Å². The van der Waals surface area contributed by atoms with Crippen LogP contribution in [0.3, 0.4) is 0 Å². The largest absolute Gasteiger partial charge is 0.495 e. The van der Waals surface area contributed by atoms with Crippen LogP contribution in [-0.2, 0) is 0 Å². The molecule has 2 N–H and O–H groups in total. The van der Waals surface area contributed by atoms with Gasteiger partial charge >= 0.3 is 5.97 Å². The third kappa shape index (κ3) is 3.19. The standard InChI is InChI=1S/C12H10BrN3O3/c1-19-10-3-2-7(13)4-8(10)15-11-6-14-5-9(16-11)12(17)18/h2-6H,1H3,(H,15,16)(H,17,18). The van der Waals surface area contributed by atoms with Gasteiger partial charge in [0.05, 0.1) is 25.2 Å². The first kappa shape index (κ1) is 13.3. The Labute approximate surface area is 117 Å². The van der Waals surface area contributed by atoms with Gasteiger partial charge in [0.25, 0.3) is 0 Å². The fourth-order valence-corrected chi connectivity index (χ4v) is 1.81. The van der Waals surface area contributed by atoms with Crippen LogP contribution in [0.15, 0.2) is 35.1 Å². The van der Waals surface area contributed by atoms with Crippen LogP contribution in [0.4, 0.5) is 11.5 Å². The molecule has 0 atom stereocenters. The van der Waals surface area contributed by atoms with E-state index in [4.69, 9.17) is 9.84 Å². The molecule has 0 saturated heterocycles. The Kier molecular flexibility index (Phi) is 3.96. The number of rotatable bonds is 4. The van der Waals surface area contributed by atoms with Gasteiger partial charge in [0.2, 0.25) is 0 Å². The zero-order valence-electron chi connectivity index (χ0n) is 9.92. The predicted molar refractivity (Wildman–Crippen MR) is 73.0 cm³/mol. The summed E-state index contributed by atoms with van der Waals surface area (Å²) in [5, 5.41) is 11.8. The molecule has 0 aliphatic carbocycles. The van der Waals surface area contributed by atoms with E-state index in [-0.39, 0.29) is 5.69 Å². The highest BCUT2D eigenvalue weighted by Crippen LogP contribution is 2.29. The Balaban J connectivity index is 2.33. The number of ether oxygens (including phenoxy) is 1. The van der Waals surface area contributed by atoms with Gasteiger partial charge in [-0.15, -0.1) is 0 Å². The summed E-state index contributed by atoms with van der Waals surface area (Å²) in [5.74, 6) is -0.181. The Morgan fingerprint density at radius 3 is 2.89 bits per heavy atom. The van der Waals surface area contributed by atoms with E-state index < -0.39 is 5.97 Å². The highest BCUT2D eigenvalue weighted by molar-refractivity contribution is 9.10. The maximum Gasteiger partial charge on any atom is 0.356 e. The molecule has 0 fully saturated rings. The maximum atomic E-state index is 10.8. The van der Waals surface area contributed by atoms with Crippen molar-refractivity contribution in [1.82, 2.24) is 9.97 Å². The predicted octanol–water partition coefficient (Wildman–Crippen LogP) is 2.69. The van der Waals surface area contributed by atoms with Crippen molar-refractivity contribution in [2.24, 2.45) is 0 Å². The summed E-state index contributed by atoms with van der Waals surface area (Å²) in [6.45, 7) is 0. The highest BCUT2D eigenvalue weighted by atomic mass is 79.9. The number of halogens is 1. The zero-order valence-corrected chi connectivity index (χ0v) is 11.5. The zero-order chi connectivity index (χ0) is 13.8. The SMILES string of the molecule is COc1ccc(Br)cc1Nc1cncc(C(=O)O)n1. The van der Waals surface area contributed by atoms with Gasteiger partial charge in [-0.3, -0.25) is 4.98 Å². The number of carbonyl (C=O) groups is 1. The van der Waals surface area contributed by atoms with Crippen LogP contribution in [-0.4, -0.2) is 28.2 Å². The minimum Gasteiger partial charge on any atom is -0.495 e. The van der Waals surface area contributed by atoms with Gasteiger partial charge < -0.3 is 15.2 Å². The summed E-state index contributed by atoms with van der Waals surface area (Å²) < 4.78 is 6.06. The second kappa shape index (κ2) is 5.66. The minimum atomic E-state index is -1.13. The number of anilines is 2. The van der Waals surface area contributed by atoms with Crippen LogP contribution in [0.1, 0.15) is 10.5 Å². The Bertz CT molecular complexity index is 619. The minimum absolute atomic E-state index is 0.126. The number of aromatic carboxylic acids is 1. The van der Waals surface area contributed by atoms with E-state index >= 15 is 0 Å². The van der Waals surface area contributed by atoms with E-state index in [2.05, 4.69) is 31.2 Å². The van der Waals surface area contributed by atoms with Crippen LogP contribution < -0.4 is 10.1 Å². The summed E-state index contributed by atoms with van der Waals surface area (Å²) in [5.41, 5.74) is 0.535. The van der Waals surface area contributed by atoms with Gasteiger partial charge in [-0.05, 0) is 18.2 Å². The van der Waals surface area contributed by atoms with Crippen LogP contribution in [0.25, 0.3) is 0 Å². The molecule has 1 heterocycles. The molecule has 0 amide bonds. The number of hydrogen-bond donors (Lipinski definition) is 2. The van der Waals surface area contributed by atoms with Crippen LogP contribution in [0.2, 0.25) is 0 Å². The number of aromatic nitrogens is 2. The molecule has 2 rings (SSSR count). The molecule has 7 heteroatoms. The lowest BCUT2D eigenvalue weighted by Crippen LogP contribution is -2.04. The molecule has 0 unspecified atom stereocenters. The van der Waals surface area contributed by atoms with Crippen molar-refractivity contribution in [3.05, 3.63) is 40.8 Å². The monoisotopic (exact) mass is 323 g/mol. The Morgan fingerprint density at radius 2 is 2.21 bits per heavy atom. The topological polar surface area (TPSA) is 84.3 Å². The first-order chi connectivity index (χ1) is 9.10. The van der Waals surface area contributed by atoms with Crippen molar-refractivity contribution >= 4 is 33.4 Å². The molecule has 1 aromatic carbocycles. The maximum absolute atomic E-state index is 10.8. The lowest BCUT2D eigenvalue weighted by Gasteiger charge is -2.10. The highest BCUT2D eigenvalue weighted by Gasteiger charge is 2.08. The molecule has 2 aromatic rings. The summed E-state index contributed by atoms with van der Waals surface area (Å²) in [6, 6.07) is 5.41. The number of carboxylic acids is 1. The average Bonchev–Trinajstić information content (AvgIpc) is 2.39. The number of hydrogen-bond acceptors (Lipinski definition) is 5. The van der Waals surface area contributed by atoms with Crippen LogP contribution in [0.5, 0.6) is 5.75 Å². The fourth-order valence-electron chi connectivity index (χ4n) is 1.45. The van der Waals surface area contributed by atoms with Crippen molar-refractivity contribution < 1.29 is 14.6 Å². The van der Waals surface area contributed by atoms with Crippen molar-refractivity contribution in [3.63, 3.8) is 0 Å². The first-order valence-corrected chi connectivity index (χ1v) is 6.05. The quantitative estimate of drug-likeness (QED) is 0.899. The van der Waals surface area contributed by atoms with Crippen LogP contribution in [0, 0.1) is 0 Å². The lowest BCUT2D eigenvalue weighted by atomic mass is 10.3. The molecule has 0 aliphatic rings. The van der Waals surface area contributed by atoms with E-state index in [1.807, 2.05) is 6.07 Å². The number of carboxylic acid groups (broad SMARTS) is 1. The lowest BCUT2D eigenvalue weighted by molar-refractivity contribution is 0.0690. The normalized spacial score (nSPS) is 10.0. The van der Waals surface area contributed by atoms with Crippen molar-refractivity contribution in [2.45, 2.75) is 0 Å². The van der Waals surface area contributed by atoms with E-state index in [0.717, 1.165) is 4.47 Å². The first-order valence-electron chi connectivity index (χ1n) is 5.26. The third-order valence-electron chi connectivity index (χ3n) is 2.28. The van der Waals surface area contributed by atoms with Gasteiger partial charge in [0.15, 0.2) is 5.69 Å². The smallest absolute Gasteiger partial charge is 0.356 e. The molecular formula is C12H10BrN3O3. The summed E-state index contributed by atoms with van der Waals surface area (Å²) >= 11 is 3.35. The number of nitrogens with zero attached hydrogens (tertiary/aromatic N) is 2. The van der Waals surface area contributed by atoms with Crippen molar-refractivity contribution in [1.29, 1.82) is 0 Å². The van der Waals surface area contributed by atoms with Gasteiger partial charge in [0, 0.05) is 4.47 Å². The van der Waals surface area contributed by atoms with Gasteiger partial charge in [-0.25, -0.2) is 9.78 Å². The molecule has 0 aliphatic heterocycles. The van der Waals surface area contributed by atoms with E-state index in [1.54, 1.807) is 19.2 Å². The van der Waals surface area contributed by atoms with E-state index in [9.17, 15) is 4.79 Å². The van der Waals surface area contributed by atoms with Crippen LogP contribution >= 0.6 is 15.9 Å². The average molecular weight is 324 g/mol. The molecule has 19 heavy (non-hydrogen) atoms. The van der Waals surface area contributed by atoms with Crippen molar-refractivity contribution in [3.8, 4) is 5.75 Å². The second-order valence-corrected chi connectivity index (χ2v) is 4.48. The molecule has 98 valence electrons. The Hall–Kier alpha value is -2.15. The summed E-state index contributed by atoms with van der Waals surface area (Å²) in [6.07, 6.45) is 2.62. The van der Waals surface area contributed by atoms with Crippen molar-refractivity contribution in [2.75, 3.05) is 12.4 Å². The molecular weight excluding hydrogens is 314 g/mol. The number of nitrogens with one attached hydrogen (secondary N) is 1. The van der Waals surface area contributed by atoms with Gasteiger partial charge in [0.1, 0.15) is 11.6 Å². The molecule has 0 bridgehead atoms. The molecule has 6 nitrogen and oxygen atoms in total. The van der Waals surface area contributed by atoms with Gasteiger partial charge in [-0.2, -0.15) is 0 Å². The fraction of sp³-hybridized carbons (Fsp3) is 0.0833.